The van der Waals surface area contributed by atoms with Gasteiger partial charge in [0.05, 0.1) is 5.71 Å². The summed E-state index contributed by atoms with van der Waals surface area (Å²) in [6.07, 6.45) is 0.431. The third-order valence-corrected chi connectivity index (χ3v) is 4.09. The predicted octanol–water partition coefficient (Wildman–Crippen LogP) is 3.54. The van der Waals surface area contributed by atoms with Crippen LogP contribution in [0.4, 0.5) is 0 Å². The lowest BCUT2D eigenvalue weighted by Gasteiger charge is -2.14. The molecule has 0 aromatic heterocycles. The highest BCUT2D eigenvalue weighted by molar-refractivity contribution is 6.04. The second kappa shape index (κ2) is 6.93. The Bertz CT molecular complexity index is 814. The summed E-state index contributed by atoms with van der Waals surface area (Å²) < 4.78 is 10.7. The fourth-order valence-electron chi connectivity index (χ4n) is 2.82. The van der Waals surface area contributed by atoms with Crippen molar-refractivity contribution in [3.8, 4) is 23.0 Å². The first kappa shape index (κ1) is 17.0. The highest BCUT2D eigenvalue weighted by Crippen LogP contribution is 2.35. The van der Waals surface area contributed by atoms with E-state index in [1.165, 1.54) is 13.2 Å². The molecule has 3 rings (SSSR count). The number of ether oxygens (including phenoxy) is 2. The maximum atomic E-state index is 10.3. The van der Waals surface area contributed by atoms with Gasteiger partial charge < -0.3 is 24.5 Å². The van der Waals surface area contributed by atoms with E-state index in [1.807, 2.05) is 32.0 Å². The fraction of sp³-hybridized carbons (Fsp3) is 0.316. The lowest BCUT2D eigenvalue weighted by molar-refractivity contribution is 0.174. The third-order valence-electron chi connectivity index (χ3n) is 4.09. The van der Waals surface area contributed by atoms with Gasteiger partial charge in [-0.1, -0.05) is 25.1 Å². The first-order chi connectivity index (χ1) is 12.0. The van der Waals surface area contributed by atoms with E-state index in [1.54, 1.807) is 6.07 Å². The molecule has 1 aliphatic heterocycles. The summed E-state index contributed by atoms with van der Waals surface area (Å²) in [6.45, 7) is 4.16. The standard InChI is InChI=1S/C19H21NO5/c1-11(2)13-8-14(17(22)9-16(13)21)15(20-23-3)6-12-4-5-18-19(7-12)25-10-24-18/h4-5,7-9,11,21-22H,6,10H2,1-3H3/b20-15+. The number of oxime groups is 1. The highest BCUT2D eigenvalue weighted by atomic mass is 16.7. The maximum Gasteiger partial charge on any atom is 0.231 e. The molecule has 132 valence electrons. The fourth-order valence-corrected chi connectivity index (χ4v) is 2.82. The number of aromatic hydroxyl groups is 2. The van der Waals surface area contributed by atoms with Gasteiger partial charge in [-0.15, -0.1) is 0 Å². The quantitative estimate of drug-likeness (QED) is 0.641. The zero-order valence-electron chi connectivity index (χ0n) is 14.4. The number of hydrogen-bond donors (Lipinski definition) is 2. The van der Waals surface area contributed by atoms with E-state index in [-0.39, 0.29) is 24.2 Å². The normalized spacial score (nSPS) is 13.4. The van der Waals surface area contributed by atoms with Crippen molar-refractivity contribution in [2.75, 3.05) is 13.9 Å². The molecule has 1 aliphatic rings. The smallest absolute Gasteiger partial charge is 0.231 e. The molecule has 0 aliphatic carbocycles. The number of hydrogen-bond acceptors (Lipinski definition) is 6. The molecular formula is C19H21NO5. The first-order valence-corrected chi connectivity index (χ1v) is 8.04. The summed E-state index contributed by atoms with van der Waals surface area (Å²) in [5.41, 5.74) is 2.77. The molecule has 0 fully saturated rings. The van der Waals surface area contributed by atoms with E-state index in [0.29, 0.717) is 29.2 Å². The molecule has 6 nitrogen and oxygen atoms in total. The SMILES string of the molecule is CO/N=C(\Cc1ccc2c(c1)OCO2)c1cc(C(C)C)c(O)cc1O. The van der Waals surface area contributed by atoms with Crippen molar-refractivity contribution in [2.45, 2.75) is 26.2 Å². The molecule has 2 aromatic carbocycles. The van der Waals surface area contributed by atoms with Crippen molar-refractivity contribution in [2.24, 2.45) is 5.16 Å². The van der Waals surface area contributed by atoms with Crippen LogP contribution in [0.15, 0.2) is 35.5 Å². The predicted molar refractivity (Wildman–Crippen MR) is 93.7 cm³/mol. The molecule has 0 saturated carbocycles. The molecular weight excluding hydrogens is 322 g/mol. The van der Waals surface area contributed by atoms with Crippen LogP contribution in [-0.2, 0) is 11.3 Å². The number of fused-ring (bicyclic) bond motifs is 1. The second-order valence-electron chi connectivity index (χ2n) is 6.17. The van der Waals surface area contributed by atoms with E-state index >= 15 is 0 Å². The Balaban J connectivity index is 1.97. The Hall–Kier alpha value is -2.89. The minimum absolute atomic E-state index is 0.0431. The summed E-state index contributed by atoms with van der Waals surface area (Å²) in [4.78, 5) is 4.97. The van der Waals surface area contributed by atoms with Crippen molar-refractivity contribution >= 4 is 5.71 Å². The van der Waals surface area contributed by atoms with Crippen LogP contribution in [0.5, 0.6) is 23.0 Å². The maximum absolute atomic E-state index is 10.3. The summed E-state index contributed by atoms with van der Waals surface area (Å²) >= 11 is 0. The first-order valence-electron chi connectivity index (χ1n) is 8.04. The third kappa shape index (κ3) is 3.47. The van der Waals surface area contributed by atoms with Crippen molar-refractivity contribution in [1.29, 1.82) is 0 Å². The van der Waals surface area contributed by atoms with Gasteiger partial charge in [0, 0.05) is 18.1 Å². The van der Waals surface area contributed by atoms with Crippen LogP contribution >= 0.6 is 0 Å². The van der Waals surface area contributed by atoms with Gasteiger partial charge in [0.25, 0.3) is 0 Å². The summed E-state index contributed by atoms with van der Waals surface area (Å²) in [6, 6.07) is 8.74. The van der Waals surface area contributed by atoms with Crippen molar-refractivity contribution in [3.05, 3.63) is 47.0 Å². The Kier molecular flexibility index (Phi) is 4.70. The van der Waals surface area contributed by atoms with Gasteiger partial charge in [-0.05, 0) is 35.2 Å². The summed E-state index contributed by atoms with van der Waals surface area (Å²) in [7, 11) is 1.46. The van der Waals surface area contributed by atoms with Crippen LogP contribution in [-0.4, -0.2) is 29.8 Å². The Morgan fingerprint density at radius 1 is 1.12 bits per heavy atom. The van der Waals surface area contributed by atoms with Gasteiger partial charge in [0.2, 0.25) is 6.79 Å². The van der Waals surface area contributed by atoms with E-state index in [2.05, 4.69) is 5.16 Å². The van der Waals surface area contributed by atoms with E-state index in [4.69, 9.17) is 14.3 Å². The Morgan fingerprint density at radius 2 is 1.88 bits per heavy atom. The molecule has 25 heavy (non-hydrogen) atoms. The zero-order valence-corrected chi connectivity index (χ0v) is 14.4. The van der Waals surface area contributed by atoms with Crippen LogP contribution < -0.4 is 9.47 Å². The van der Waals surface area contributed by atoms with Crippen molar-refractivity contribution in [1.82, 2.24) is 0 Å². The lowest BCUT2D eigenvalue weighted by atomic mass is 9.94. The number of rotatable bonds is 5. The molecule has 0 amide bonds. The van der Waals surface area contributed by atoms with Gasteiger partial charge in [-0.2, -0.15) is 0 Å². The minimum Gasteiger partial charge on any atom is -0.508 e. The van der Waals surface area contributed by atoms with Crippen LogP contribution in [0.2, 0.25) is 0 Å². The molecule has 0 saturated heterocycles. The number of phenols is 2. The van der Waals surface area contributed by atoms with Gasteiger partial charge in [-0.3, -0.25) is 0 Å². The molecule has 2 N–H and O–H groups in total. The van der Waals surface area contributed by atoms with Gasteiger partial charge in [0.15, 0.2) is 11.5 Å². The highest BCUT2D eigenvalue weighted by Gasteiger charge is 2.19. The molecule has 0 bridgehead atoms. The molecule has 6 heteroatoms. The molecule has 0 spiro atoms. The van der Waals surface area contributed by atoms with Crippen LogP contribution in [0, 0.1) is 0 Å². The molecule has 0 atom stereocenters. The minimum atomic E-state index is -0.0431. The van der Waals surface area contributed by atoms with Gasteiger partial charge in [-0.25, -0.2) is 0 Å². The Morgan fingerprint density at radius 3 is 2.60 bits per heavy atom. The van der Waals surface area contributed by atoms with Crippen molar-refractivity contribution < 1.29 is 24.5 Å². The summed E-state index contributed by atoms with van der Waals surface area (Å²) in [5, 5.41) is 24.4. The average Bonchev–Trinajstić information content (AvgIpc) is 3.02. The average molecular weight is 343 g/mol. The molecule has 0 radical (unpaired) electrons. The van der Waals surface area contributed by atoms with E-state index in [0.717, 1.165) is 11.1 Å². The van der Waals surface area contributed by atoms with Gasteiger partial charge in [0.1, 0.15) is 18.6 Å². The van der Waals surface area contributed by atoms with Gasteiger partial charge >= 0.3 is 0 Å². The number of phenolic OH excluding ortho intramolecular Hbond substituents is 2. The van der Waals surface area contributed by atoms with Crippen LogP contribution in [0.3, 0.4) is 0 Å². The lowest BCUT2D eigenvalue weighted by Crippen LogP contribution is -2.08. The summed E-state index contributed by atoms with van der Waals surface area (Å²) in [5.74, 6) is 1.53. The van der Waals surface area contributed by atoms with E-state index in [9.17, 15) is 10.2 Å². The van der Waals surface area contributed by atoms with E-state index < -0.39 is 0 Å². The monoisotopic (exact) mass is 343 g/mol. The van der Waals surface area contributed by atoms with Crippen molar-refractivity contribution in [3.63, 3.8) is 0 Å². The second-order valence-corrected chi connectivity index (χ2v) is 6.17. The van der Waals surface area contributed by atoms with Crippen LogP contribution in [0.1, 0.15) is 36.5 Å². The zero-order chi connectivity index (χ0) is 18.0. The number of benzene rings is 2. The topological polar surface area (TPSA) is 80.5 Å². The Labute approximate surface area is 146 Å². The molecule has 1 heterocycles. The molecule has 2 aromatic rings. The molecule has 0 unspecified atom stereocenters. The number of nitrogens with zero attached hydrogens (tertiary/aromatic N) is 1. The largest absolute Gasteiger partial charge is 0.508 e. The van der Waals surface area contributed by atoms with Crippen LogP contribution in [0.25, 0.3) is 0 Å².